The lowest BCUT2D eigenvalue weighted by Crippen LogP contribution is -2.37. The molecule has 0 fully saturated rings. The van der Waals surface area contributed by atoms with Crippen molar-refractivity contribution in [1.29, 1.82) is 0 Å². The molecule has 1 amide bonds. The van der Waals surface area contributed by atoms with Crippen LogP contribution in [0.25, 0.3) is 11.2 Å². The van der Waals surface area contributed by atoms with Crippen molar-refractivity contribution in [1.82, 2.24) is 19.5 Å². The number of nitrogen functional groups attached to an aromatic ring is 1. The Morgan fingerprint density at radius 1 is 0.944 bits per heavy atom. The number of fused-ring (bicyclic) bond motifs is 1. The van der Waals surface area contributed by atoms with Crippen molar-refractivity contribution in [2.45, 2.75) is 123 Å². The van der Waals surface area contributed by atoms with Crippen molar-refractivity contribution in [3.8, 4) is 0 Å². The predicted octanol–water partition coefficient (Wildman–Crippen LogP) is 5.77. The summed E-state index contributed by atoms with van der Waals surface area (Å²) < 4.78 is 6.79. The Bertz CT molecular complexity index is 1630. The minimum absolute atomic E-state index is 0.173. The van der Waals surface area contributed by atoms with Gasteiger partial charge in [0.05, 0.1) is 25.1 Å². The van der Waals surface area contributed by atoms with Gasteiger partial charge in [0.25, 0.3) is 0 Å². The third-order valence-electron chi connectivity index (χ3n) is 9.25. The molecule has 0 aliphatic heterocycles. The van der Waals surface area contributed by atoms with Crippen molar-refractivity contribution in [3.05, 3.63) is 40.3 Å². The minimum Gasteiger partial charge on any atom is -0.465 e. The number of benzene rings is 1. The van der Waals surface area contributed by atoms with Crippen LogP contribution in [0.5, 0.6) is 0 Å². The average Bonchev–Trinajstić information content (AvgIpc) is 3.47. The number of ketones is 1. The van der Waals surface area contributed by atoms with E-state index < -0.39 is 24.5 Å². The normalized spacial score (nSPS) is 12.4. The van der Waals surface area contributed by atoms with Gasteiger partial charge < -0.3 is 36.9 Å². The van der Waals surface area contributed by atoms with Gasteiger partial charge in [0.15, 0.2) is 17.2 Å². The van der Waals surface area contributed by atoms with Crippen molar-refractivity contribution < 1.29 is 24.2 Å². The lowest BCUT2D eigenvalue weighted by atomic mass is 9.99. The highest BCUT2D eigenvalue weighted by Gasteiger charge is 2.25. The molecule has 0 aliphatic rings. The van der Waals surface area contributed by atoms with Crippen molar-refractivity contribution in [2.24, 2.45) is 11.7 Å². The third-order valence-corrected chi connectivity index (χ3v) is 10.3. The van der Waals surface area contributed by atoms with E-state index in [1.165, 1.54) is 67.7 Å². The molecule has 8 N–H and O–H groups in total. The van der Waals surface area contributed by atoms with E-state index in [1.54, 1.807) is 24.3 Å². The lowest BCUT2D eigenvalue weighted by molar-refractivity contribution is -0.143. The van der Waals surface area contributed by atoms with Gasteiger partial charge in [-0.3, -0.25) is 19.0 Å². The number of rotatable bonds is 29. The number of amides is 1. The summed E-state index contributed by atoms with van der Waals surface area (Å²) in [5.74, 6) is -0.674. The second kappa shape index (κ2) is 25.2. The Morgan fingerprint density at radius 2 is 1.59 bits per heavy atom. The van der Waals surface area contributed by atoms with Crippen LogP contribution >= 0.6 is 11.8 Å². The molecule has 0 bridgehead atoms. The van der Waals surface area contributed by atoms with Gasteiger partial charge in [-0.25, -0.2) is 4.79 Å². The molecule has 0 saturated carbocycles. The van der Waals surface area contributed by atoms with Gasteiger partial charge in [-0.1, -0.05) is 96.6 Å². The molecular formula is C39H62N8O6S. The number of thioether (sulfide) groups is 1. The number of hydrogen-bond acceptors (Lipinski definition) is 12. The highest BCUT2D eigenvalue weighted by molar-refractivity contribution is 7.99. The van der Waals surface area contributed by atoms with E-state index in [4.69, 9.17) is 16.2 Å². The number of carbonyl (C=O) groups excluding carboxylic acids is 3. The second-order valence-corrected chi connectivity index (χ2v) is 15.0. The Balaban J connectivity index is 1.34. The first kappa shape index (κ1) is 44.4. The molecule has 2 aromatic heterocycles. The van der Waals surface area contributed by atoms with Gasteiger partial charge >= 0.3 is 11.7 Å². The number of H-pyrrole nitrogens is 1. The monoisotopic (exact) mass is 770 g/mol. The molecule has 15 heteroatoms. The van der Waals surface area contributed by atoms with Gasteiger partial charge in [-0.2, -0.15) is 21.7 Å². The number of Topliss-reactive ketones (excluding diaryl/α,β-unsaturated/α-hetero) is 1. The zero-order valence-corrected chi connectivity index (χ0v) is 33.0. The Labute approximate surface area is 323 Å². The predicted molar refractivity (Wildman–Crippen MR) is 218 cm³/mol. The first-order chi connectivity index (χ1) is 26.2. The van der Waals surface area contributed by atoms with E-state index in [1.807, 2.05) is 0 Å². The number of hydrogen-bond donors (Lipinski definition) is 6. The molecule has 0 radical (unpaired) electrons. The Hall–Kier alpha value is -3.95. The molecule has 300 valence electrons. The number of esters is 1. The van der Waals surface area contributed by atoms with Crippen molar-refractivity contribution in [3.63, 3.8) is 0 Å². The van der Waals surface area contributed by atoms with Crippen LogP contribution in [0.4, 0.5) is 17.5 Å². The van der Waals surface area contributed by atoms with Crippen LogP contribution < -0.4 is 27.8 Å². The fraction of sp³-hybridized carbons (Fsp3) is 0.641. The largest absolute Gasteiger partial charge is 0.465 e. The molecule has 3 aromatic rings. The molecule has 14 nitrogen and oxygen atoms in total. The van der Waals surface area contributed by atoms with Gasteiger partial charge in [-0.05, 0) is 30.5 Å². The molecule has 1 aromatic carbocycles. The van der Waals surface area contributed by atoms with Crippen LogP contribution in [0.2, 0.25) is 0 Å². The van der Waals surface area contributed by atoms with Gasteiger partial charge in [0.1, 0.15) is 12.1 Å². The summed E-state index contributed by atoms with van der Waals surface area (Å²) in [7, 11) is 0. The summed E-state index contributed by atoms with van der Waals surface area (Å²) >= 11 is 1.41. The molecule has 0 saturated heterocycles. The van der Waals surface area contributed by atoms with Crippen molar-refractivity contribution in [2.75, 3.05) is 47.6 Å². The smallest absolute Gasteiger partial charge is 0.328 e. The fourth-order valence-corrected chi connectivity index (χ4v) is 6.74. The maximum atomic E-state index is 12.9. The summed E-state index contributed by atoms with van der Waals surface area (Å²) in [5, 5.41) is 15.8. The quantitative estimate of drug-likeness (QED) is 0.0366. The Kier molecular flexibility index (Phi) is 20.7. The topological polar surface area (TPSA) is 220 Å². The fourth-order valence-electron chi connectivity index (χ4n) is 5.93. The van der Waals surface area contributed by atoms with Gasteiger partial charge in [0, 0.05) is 36.6 Å². The van der Waals surface area contributed by atoms with E-state index in [0.29, 0.717) is 47.3 Å². The van der Waals surface area contributed by atoms with Crippen LogP contribution in [0.15, 0.2) is 29.1 Å². The molecular weight excluding hydrogens is 709 g/mol. The SMILES string of the molecule is CCCCCCCCCCCCCC(=O)OCCSC[C@H](N)C(=O)C[C@@H](CO)C(=O)Nc1ccc(Cn2c(=O)[nH]c3c(N)nc(NCCCC)nc32)cc1. The number of carbonyl (C=O) groups is 3. The lowest BCUT2D eigenvalue weighted by Gasteiger charge is -2.17. The number of aliphatic hydroxyl groups is 1. The summed E-state index contributed by atoms with van der Waals surface area (Å²) in [4.78, 5) is 62.0. The highest BCUT2D eigenvalue weighted by atomic mass is 32.2. The number of imidazole rings is 1. The molecule has 54 heavy (non-hydrogen) atoms. The van der Waals surface area contributed by atoms with E-state index in [2.05, 4.69) is 39.4 Å². The molecule has 0 spiro atoms. The number of nitrogens with one attached hydrogen (secondary N) is 3. The summed E-state index contributed by atoms with van der Waals surface area (Å²) in [6.45, 7) is 4.92. The van der Waals surface area contributed by atoms with Crippen LogP contribution in [-0.4, -0.2) is 79.6 Å². The minimum atomic E-state index is -0.972. The zero-order valence-electron chi connectivity index (χ0n) is 32.2. The van der Waals surface area contributed by atoms with Crippen LogP contribution in [0.3, 0.4) is 0 Å². The number of unbranched alkanes of at least 4 members (excludes halogenated alkanes) is 11. The number of nitrogens with zero attached hydrogens (tertiary/aromatic N) is 3. The maximum Gasteiger partial charge on any atom is 0.328 e. The highest BCUT2D eigenvalue weighted by Crippen LogP contribution is 2.19. The Morgan fingerprint density at radius 3 is 2.24 bits per heavy atom. The number of aromatic nitrogens is 4. The van der Waals surface area contributed by atoms with E-state index in [9.17, 15) is 24.3 Å². The number of anilines is 3. The molecule has 3 rings (SSSR count). The zero-order chi connectivity index (χ0) is 39.1. The third kappa shape index (κ3) is 15.8. The van der Waals surface area contributed by atoms with E-state index in [-0.39, 0.29) is 42.8 Å². The standard InChI is InChI=1S/C39H62N8O6S/c1-3-5-7-8-9-10-11-12-13-14-15-16-33(50)53-22-23-54-27-31(40)32(49)24-29(26-48)37(51)43-30-19-17-28(18-20-30)25-47-36-34(44-39(47)52)35(41)45-38(46-36)42-21-6-4-2/h17-20,29,31,48H,3-16,21-27,40H2,1-2H3,(H,43,51)(H,44,52)(H3,41,42,45,46)/t29-,31-/m0/s1. The molecule has 0 aliphatic carbocycles. The summed E-state index contributed by atoms with van der Waals surface area (Å²) in [6.07, 6.45) is 15.6. The van der Waals surface area contributed by atoms with E-state index in [0.717, 1.165) is 37.7 Å². The van der Waals surface area contributed by atoms with Crippen molar-refractivity contribution >= 4 is 58.0 Å². The average molecular weight is 771 g/mol. The number of aliphatic hydroxyl groups excluding tert-OH is 1. The molecule has 2 heterocycles. The van der Waals surface area contributed by atoms with Gasteiger partial charge in [0.2, 0.25) is 11.9 Å². The maximum absolute atomic E-state index is 12.9. The summed E-state index contributed by atoms with van der Waals surface area (Å²) in [5.41, 5.74) is 13.8. The second-order valence-electron chi connectivity index (χ2n) is 13.9. The van der Waals surface area contributed by atoms with Crippen LogP contribution in [0.1, 0.15) is 116 Å². The van der Waals surface area contributed by atoms with E-state index >= 15 is 0 Å². The molecule has 0 unspecified atom stereocenters. The number of aromatic amines is 1. The molecule has 2 atom stereocenters. The number of ether oxygens (including phenoxy) is 1. The number of nitrogens with two attached hydrogens (primary N) is 2. The first-order valence-electron chi connectivity index (χ1n) is 19.7. The van der Waals surface area contributed by atoms with Gasteiger partial charge in [-0.15, -0.1) is 0 Å². The van der Waals surface area contributed by atoms with Crippen LogP contribution in [0, 0.1) is 5.92 Å². The summed E-state index contributed by atoms with van der Waals surface area (Å²) in [6, 6.07) is 6.05. The van der Waals surface area contributed by atoms with Crippen LogP contribution in [-0.2, 0) is 25.7 Å². The first-order valence-corrected chi connectivity index (χ1v) is 20.8.